The van der Waals surface area contributed by atoms with Crippen LogP contribution in [0.4, 0.5) is 5.69 Å². The van der Waals surface area contributed by atoms with E-state index in [1.165, 1.54) is 0 Å². The molecule has 1 atom stereocenters. The van der Waals surface area contributed by atoms with E-state index < -0.39 is 0 Å². The van der Waals surface area contributed by atoms with Crippen LogP contribution in [0.1, 0.15) is 20.3 Å². The topological polar surface area (TPSA) is 38.8 Å². The maximum absolute atomic E-state index is 12.1. The first-order valence-corrected chi connectivity index (χ1v) is 7.49. The molecule has 0 radical (unpaired) electrons. The van der Waals surface area contributed by atoms with E-state index in [9.17, 15) is 4.79 Å². The van der Waals surface area contributed by atoms with E-state index in [1.54, 1.807) is 4.90 Å². The molecule has 1 aromatic carbocycles. The summed E-state index contributed by atoms with van der Waals surface area (Å²) in [5.74, 6) is 2.24. The summed E-state index contributed by atoms with van der Waals surface area (Å²) in [6, 6.07) is 5.58. The lowest BCUT2D eigenvalue weighted by Crippen LogP contribution is -2.25. The first-order chi connectivity index (χ1) is 9.69. The smallest absolute Gasteiger partial charge is 0.227 e. The number of alkyl halides is 1. The van der Waals surface area contributed by atoms with Gasteiger partial charge in [0.1, 0.15) is 11.5 Å². The molecule has 5 heteroatoms. The summed E-state index contributed by atoms with van der Waals surface area (Å²) in [6.45, 7) is 5.64. The zero-order chi connectivity index (χ0) is 14.5. The molecule has 1 amide bonds. The first kappa shape index (κ1) is 15.0. The minimum atomic E-state index is 0.0882. The molecule has 20 heavy (non-hydrogen) atoms. The van der Waals surface area contributed by atoms with Crippen LogP contribution < -0.4 is 14.4 Å². The van der Waals surface area contributed by atoms with Crippen LogP contribution in [0, 0.1) is 5.92 Å². The van der Waals surface area contributed by atoms with Crippen molar-refractivity contribution < 1.29 is 14.3 Å². The Kier molecular flexibility index (Phi) is 5.12. The average Bonchev–Trinajstić information content (AvgIpc) is 2.82. The molecule has 1 aliphatic heterocycles. The predicted octanol–water partition coefficient (Wildman–Crippen LogP) is 3.08. The lowest BCUT2D eigenvalue weighted by atomic mass is 10.1. The van der Waals surface area contributed by atoms with Crippen molar-refractivity contribution in [3.8, 4) is 11.5 Å². The minimum absolute atomic E-state index is 0.0882. The molecule has 110 valence electrons. The van der Waals surface area contributed by atoms with Gasteiger partial charge in [-0.2, -0.15) is 0 Å². The lowest BCUT2D eigenvalue weighted by Gasteiger charge is -2.21. The Hall–Kier alpha value is -1.42. The third-order valence-corrected chi connectivity index (χ3v) is 3.69. The average molecular weight is 298 g/mol. The Bertz CT molecular complexity index is 478. The van der Waals surface area contributed by atoms with Crippen molar-refractivity contribution in [2.24, 2.45) is 5.92 Å². The van der Waals surface area contributed by atoms with E-state index in [2.05, 4.69) is 0 Å². The van der Waals surface area contributed by atoms with E-state index in [-0.39, 0.29) is 11.8 Å². The summed E-state index contributed by atoms with van der Waals surface area (Å²) in [5, 5.41) is 0. The molecule has 0 aliphatic carbocycles. The summed E-state index contributed by atoms with van der Waals surface area (Å²) in [5.41, 5.74) is 0.774. The Labute approximate surface area is 124 Å². The number of carbonyl (C=O) groups is 1. The Morgan fingerprint density at radius 2 is 2.05 bits per heavy atom. The van der Waals surface area contributed by atoms with Gasteiger partial charge in [0.25, 0.3) is 0 Å². The number of nitrogens with zero attached hydrogens (tertiary/aromatic N) is 1. The molecule has 1 aliphatic rings. The number of ether oxygens (including phenoxy) is 2. The monoisotopic (exact) mass is 297 g/mol. The zero-order valence-electron chi connectivity index (χ0n) is 11.9. The van der Waals surface area contributed by atoms with Crippen molar-refractivity contribution in [2.75, 3.05) is 30.5 Å². The Balaban J connectivity index is 2.31. The number of hydrogen-bond donors (Lipinski definition) is 0. The van der Waals surface area contributed by atoms with E-state index in [0.29, 0.717) is 37.8 Å². The van der Waals surface area contributed by atoms with E-state index in [4.69, 9.17) is 21.1 Å². The third-order valence-electron chi connectivity index (χ3n) is 3.26. The van der Waals surface area contributed by atoms with Crippen LogP contribution in [0.25, 0.3) is 0 Å². The second-order valence-electron chi connectivity index (χ2n) is 4.72. The predicted molar refractivity (Wildman–Crippen MR) is 80.0 cm³/mol. The highest BCUT2D eigenvalue weighted by atomic mass is 35.5. The molecule has 1 fully saturated rings. The highest BCUT2D eigenvalue weighted by Crippen LogP contribution is 2.36. The lowest BCUT2D eigenvalue weighted by molar-refractivity contribution is -0.117. The maximum atomic E-state index is 12.1. The molecule has 0 N–H and O–H groups in total. The van der Waals surface area contributed by atoms with Gasteiger partial charge in [-0.25, -0.2) is 0 Å². The molecular weight excluding hydrogens is 278 g/mol. The van der Waals surface area contributed by atoms with Crippen molar-refractivity contribution in [3.05, 3.63) is 18.2 Å². The van der Waals surface area contributed by atoms with Gasteiger partial charge in [0.2, 0.25) is 5.91 Å². The number of halogens is 1. The molecule has 1 unspecified atom stereocenters. The summed E-state index contributed by atoms with van der Waals surface area (Å²) >= 11 is 5.87. The molecule has 1 heterocycles. The van der Waals surface area contributed by atoms with Crippen LogP contribution in [0.5, 0.6) is 11.5 Å². The summed E-state index contributed by atoms with van der Waals surface area (Å²) in [7, 11) is 0. The number of anilines is 1. The van der Waals surface area contributed by atoms with Gasteiger partial charge in [0.15, 0.2) is 0 Å². The van der Waals surface area contributed by atoms with E-state index in [1.807, 2.05) is 32.0 Å². The number of benzene rings is 1. The van der Waals surface area contributed by atoms with Crippen molar-refractivity contribution >= 4 is 23.2 Å². The van der Waals surface area contributed by atoms with Crippen LogP contribution in [-0.4, -0.2) is 31.5 Å². The van der Waals surface area contributed by atoms with Crippen molar-refractivity contribution in [1.29, 1.82) is 0 Å². The van der Waals surface area contributed by atoms with Crippen molar-refractivity contribution in [2.45, 2.75) is 20.3 Å². The first-order valence-electron chi connectivity index (χ1n) is 6.95. The van der Waals surface area contributed by atoms with E-state index in [0.717, 1.165) is 11.4 Å². The second-order valence-corrected chi connectivity index (χ2v) is 5.03. The van der Waals surface area contributed by atoms with Crippen LogP contribution in [-0.2, 0) is 4.79 Å². The van der Waals surface area contributed by atoms with Gasteiger partial charge >= 0.3 is 0 Å². The van der Waals surface area contributed by atoms with Crippen LogP contribution in [0.15, 0.2) is 18.2 Å². The fourth-order valence-corrected chi connectivity index (χ4v) is 2.57. The highest BCUT2D eigenvalue weighted by Gasteiger charge is 2.31. The van der Waals surface area contributed by atoms with Gasteiger partial charge in [0, 0.05) is 24.9 Å². The standard InChI is InChI=1S/C15H20ClNO3/c1-3-19-12-5-6-14(20-4-2)13(8-12)17-10-11(9-16)7-15(17)18/h5-6,8,11H,3-4,7,9-10H2,1-2H3. The van der Waals surface area contributed by atoms with Gasteiger partial charge < -0.3 is 14.4 Å². The summed E-state index contributed by atoms with van der Waals surface area (Å²) in [6.07, 6.45) is 0.494. The number of amides is 1. The van der Waals surface area contributed by atoms with Gasteiger partial charge in [-0.1, -0.05) is 0 Å². The van der Waals surface area contributed by atoms with Crippen LogP contribution in [0.2, 0.25) is 0 Å². The molecule has 0 saturated carbocycles. The SMILES string of the molecule is CCOc1ccc(OCC)c(N2CC(CCl)CC2=O)c1. The molecule has 0 aromatic heterocycles. The minimum Gasteiger partial charge on any atom is -0.494 e. The number of carbonyl (C=O) groups excluding carboxylic acids is 1. The highest BCUT2D eigenvalue weighted by molar-refractivity contribution is 6.18. The summed E-state index contributed by atoms with van der Waals surface area (Å²) < 4.78 is 11.1. The largest absolute Gasteiger partial charge is 0.494 e. The van der Waals surface area contributed by atoms with Gasteiger partial charge in [-0.05, 0) is 31.9 Å². The molecule has 2 rings (SSSR count). The number of rotatable bonds is 6. The number of hydrogen-bond acceptors (Lipinski definition) is 3. The normalized spacial score (nSPS) is 18.4. The molecule has 0 spiro atoms. The van der Waals surface area contributed by atoms with Gasteiger partial charge in [0.05, 0.1) is 18.9 Å². The quantitative estimate of drug-likeness (QED) is 0.758. The molecule has 1 saturated heterocycles. The zero-order valence-corrected chi connectivity index (χ0v) is 12.7. The van der Waals surface area contributed by atoms with Crippen molar-refractivity contribution in [3.63, 3.8) is 0 Å². The third kappa shape index (κ3) is 3.18. The summed E-state index contributed by atoms with van der Waals surface area (Å²) in [4.78, 5) is 13.9. The molecule has 4 nitrogen and oxygen atoms in total. The van der Waals surface area contributed by atoms with Crippen LogP contribution in [0.3, 0.4) is 0 Å². The Morgan fingerprint density at radius 3 is 2.65 bits per heavy atom. The van der Waals surface area contributed by atoms with Gasteiger partial charge in [-0.15, -0.1) is 11.6 Å². The Morgan fingerprint density at radius 1 is 1.30 bits per heavy atom. The second kappa shape index (κ2) is 6.84. The van der Waals surface area contributed by atoms with Crippen molar-refractivity contribution in [1.82, 2.24) is 0 Å². The molecule has 1 aromatic rings. The fraction of sp³-hybridized carbons (Fsp3) is 0.533. The van der Waals surface area contributed by atoms with E-state index >= 15 is 0 Å². The van der Waals surface area contributed by atoms with Crippen LogP contribution >= 0.6 is 11.6 Å². The maximum Gasteiger partial charge on any atom is 0.227 e. The molecule has 0 bridgehead atoms. The fourth-order valence-electron chi connectivity index (χ4n) is 2.36. The molecular formula is C15H20ClNO3. The van der Waals surface area contributed by atoms with Gasteiger partial charge in [-0.3, -0.25) is 4.79 Å².